The molecule has 0 saturated heterocycles. The van der Waals surface area contributed by atoms with Crippen molar-refractivity contribution < 1.29 is 9.53 Å². The minimum atomic E-state index is -0.135. The molecule has 0 aliphatic heterocycles. The van der Waals surface area contributed by atoms with Gasteiger partial charge in [0, 0.05) is 23.1 Å². The molecule has 7 heteroatoms. The average Bonchev–Trinajstić information content (AvgIpc) is 3.30. The molecule has 0 aliphatic carbocycles. The molecule has 0 unspecified atom stereocenters. The first-order chi connectivity index (χ1) is 13.1. The molecule has 0 spiro atoms. The normalized spacial score (nSPS) is 10.9. The molecule has 1 amide bonds. The largest absolute Gasteiger partial charge is 0.497 e. The Labute approximate surface area is 165 Å². The van der Waals surface area contributed by atoms with Gasteiger partial charge in [-0.3, -0.25) is 4.79 Å². The standard InChI is InChI=1S/C20H16ClN3O2S/c1-26-16-7-5-14(6-8-16)24-10-2-3-15(24)12-22-19(25)13-4-9-17-18(11-13)27-20(21)23-17/h2-11H,12H2,1H3,(H,22,25). The summed E-state index contributed by atoms with van der Waals surface area (Å²) in [5.41, 5.74) is 3.38. The summed E-state index contributed by atoms with van der Waals surface area (Å²) in [6.45, 7) is 0.416. The molecule has 136 valence electrons. The van der Waals surface area contributed by atoms with E-state index in [-0.39, 0.29) is 5.91 Å². The fourth-order valence-electron chi connectivity index (χ4n) is 2.87. The van der Waals surface area contributed by atoms with Crippen molar-refractivity contribution in [1.82, 2.24) is 14.9 Å². The highest BCUT2D eigenvalue weighted by Gasteiger charge is 2.10. The molecule has 0 atom stereocenters. The Morgan fingerprint density at radius 3 is 2.81 bits per heavy atom. The van der Waals surface area contributed by atoms with Gasteiger partial charge in [-0.2, -0.15) is 0 Å². The minimum Gasteiger partial charge on any atom is -0.497 e. The Hall–Kier alpha value is -2.83. The van der Waals surface area contributed by atoms with Crippen molar-refractivity contribution in [3.05, 3.63) is 76.5 Å². The zero-order valence-corrected chi connectivity index (χ0v) is 16.1. The molecule has 5 nitrogen and oxygen atoms in total. The number of ether oxygens (including phenoxy) is 1. The first-order valence-electron chi connectivity index (χ1n) is 8.29. The monoisotopic (exact) mass is 397 g/mol. The third-order valence-electron chi connectivity index (χ3n) is 4.24. The minimum absolute atomic E-state index is 0.135. The number of hydrogen-bond donors (Lipinski definition) is 1. The van der Waals surface area contributed by atoms with Crippen molar-refractivity contribution in [1.29, 1.82) is 0 Å². The second kappa shape index (κ2) is 7.42. The number of methoxy groups -OCH3 is 1. The molecular weight excluding hydrogens is 382 g/mol. The lowest BCUT2D eigenvalue weighted by atomic mass is 10.2. The number of carbonyl (C=O) groups excluding carboxylic acids is 1. The van der Waals surface area contributed by atoms with Gasteiger partial charge in [0.15, 0.2) is 4.47 Å². The fourth-order valence-corrected chi connectivity index (χ4v) is 3.94. The topological polar surface area (TPSA) is 56.1 Å². The number of aromatic nitrogens is 2. The molecule has 2 aromatic heterocycles. The number of rotatable bonds is 5. The van der Waals surface area contributed by atoms with Crippen molar-refractivity contribution in [3.8, 4) is 11.4 Å². The van der Waals surface area contributed by atoms with Gasteiger partial charge in [0.05, 0.1) is 23.9 Å². The van der Waals surface area contributed by atoms with Crippen LogP contribution in [0.5, 0.6) is 5.75 Å². The van der Waals surface area contributed by atoms with Crippen LogP contribution in [0.1, 0.15) is 16.1 Å². The van der Waals surface area contributed by atoms with Gasteiger partial charge in [0.2, 0.25) is 0 Å². The number of nitrogens with zero attached hydrogens (tertiary/aromatic N) is 2. The first-order valence-corrected chi connectivity index (χ1v) is 9.48. The summed E-state index contributed by atoms with van der Waals surface area (Å²) >= 11 is 7.30. The van der Waals surface area contributed by atoms with Crippen LogP contribution < -0.4 is 10.1 Å². The number of carbonyl (C=O) groups is 1. The van der Waals surface area contributed by atoms with Gasteiger partial charge >= 0.3 is 0 Å². The summed E-state index contributed by atoms with van der Waals surface area (Å²) in [5, 5.41) is 2.97. The van der Waals surface area contributed by atoms with Crippen molar-refractivity contribution in [2.45, 2.75) is 6.54 Å². The molecule has 0 fully saturated rings. The third kappa shape index (κ3) is 3.67. The summed E-state index contributed by atoms with van der Waals surface area (Å²) in [6.07, 6.45) is 1.97. The maximum atomic E-state index is 12.5. The van der Waals surface area contributed by atoms with E-state index >= 15 is 0 Å². The van der Waals surface area contributed by atoms with E-state index in [1.54, 1.807) is 13.2 Å². The fraction of sp³-hybridized carbons (Fsp3) is 0.100. The molecular formula is C20H16ClN3O2S. The highest BCUT2D eigenvalue weighted by Crippen LogP contribution is 2.26. The number of halogens is 1. The van der Waals surface area contributed by atoms with Gasteiger partial charge in [0.25, 0.3) is 5.91 Å². The molecule has 4 rings (SSSR count). The van der Waals surface area contributed by atoms with Gasteiger partial charge in [-0.25, -0.2) is 4.98 Å². The van der Waals surface area contributed by atoms with Crippen LogP contribution in [-0.2, 0) is 6.54 Å². The second-order valence-corrected chi connectivity index (χ2v) is 7.51. The van der Waals surface area contributed by atoms with E-state index in [0.717, 1.165) is 27.3 Å². The molecule has 2 heterocycles. The Kier molecular flexibility index (Phi) is 4.83. The molecule has 0 bridgehead atoms. The summed E-state index contributed by atoms with van der Waals surface area (Å²) in [7, 11) is 1.64. The van der Waals surface area contributed by atoms with E-state index in [9.17, 15) is 4.79 Å². The maximum absolute atomic E-state index is 12.5. The highest BCUT2D eigenvalue weighted by molar-refractivity contribution is 7.22. The molecule has 0 radical (unpaired) electrons. The van der Waals surface area contributed by atoms with E-state index in [2.05, 4.69) is 10.3 Å². The van der Waals surface area contributed by atoms with E-state index < -0.39 is 0 Å². The van der Waals surface area contributed by atoms with E-state index in [4.69, 9.17) is 16.3 Å². The van der Waals surface area contributed by atoms with Crippen LogP contribution in [0.4, 0.5) is 0 Å². The third-order valence-corrected chi connectivity index (χ3v) is 5.36. The second-order valence-electron chi connectivity index (χ2n) is 5.90. The van der Waals surface area contributed by atoms with Crippen LogP contribution in [0.15, 0.2) is 60.8 Å². The zero-order chi connectivity index (χ0) is 18.8. The number of amides is 1. The lowest BCUT2D eigenvalue weighted by Crippen LogP contribution is -2.23. The van der Waals surface area contributed by atoms with Crippen molar-refractivity contribution in [3.63, 3.8) is 0 Å². The first kappa shape index (κ1) is 17.6. The van der Waals surface area contributed by atoms with Crippen LogP contribution in [0, 0.1) is 0 Å². The van der Waals surface area contributed by atoms with E-state index in [1.807, 2.05) is 59.3 Å². The summed E-state index contributed by atoms with van der Waals surface area (Å²) in [6, 6.07) is 17.1. The Bertz CT molecular complexity index is 1100. The van der Waals surface area contributed by atoms with Crippen LogP contribution in [0.25, 0.3) is 15.9 Å². The number of hydrogen-bond acceptors (Lipinski definition) is 4. The van der Waals surface area contributed by atoms with Gasteiger partial charge in [-0.05, 0) is 54.6 Å². The van der Waals surface area contributed by atoms with Crippen LogP contribution in [0.3, 0.4) is 0 Å². The lowest BCUT2D eigenvalue weighted by Gasteiger charge is -2.11. The predicted molar refractivity (Wildman–Crippen MR) is 108 cm³/mol. The van der Waals surface area contributed by atoms with E-state index in [0.29, 0.717) is 16.6 Å². The summed E-state index contributed by atoms with van der Waals surface area (Å²) in [4.78, 5) is 16.7. The highest BCUT2D eigenvalue weighted by atomic mass is 35.5. The molecule has 1 N–H and O–H groups in total. The lowest BCUT2D eigenvalue weighted by molar-refractivity contribution is 0.0950. The van der Waals surface area contributed by atoms with Gasteiger partial charge in [0.1, 0.15) is 5.75 Å². The van der Waals surface area contributed by atoms with Gasteiger partial charge in [-0.15, -0.1) is 11.3 Å². The molecule has 4 aromatic rings. The Morgan fingerprint density at radius 2 is 2.04 bits per heavy atom. The zero-order valence-electron chi connectivity index (χ0n) is 14.5. The summed E-state index contributed by atoms with van der Waals surface area (Å²) < 4.78 is 8.60. The number of thiazole rings is 1. The van der Waals surface area contributed by atoms with Gasteiger partial charge < -0.3 is 14.6 Å². The van der Waals surface area contributed by atoms with Crippen molar-refractivity contribution in [2.75, 3.05) is 7.11 Å². The number of benzene rings is 2. The molecule has 0 aliphatic rings. The predicted octanol–water partition coefficient (Wildman–Crippen LogP) is 4.68. The van der Waals surface area contributed by atoms with Crippen molar-refractivity contribution in [2.24, 2.45) is 0 Å². The van der Waals surface area contributed by atoms with Crippen molar-refractivity contribution >= 4 is 39.1 Å². The van der Waals surface area contributed by atoms with Crippen LogP contribution in [0.2, 0.25) is 4.47 Å². The average molecular weight is 398 g/mol. The molecule has 0 saturated carbocycles. The Morgan fingerprint density at radius 1 is 1.22 bits per heavy atom. The smallest absolute Gasteiger partial charge is 0.251 e. The maximum Gasteiger partial charge on any atom is 0.251 e. The van der Waals surface area contributed by atoms with E-state index in [1.165, 1.54) is 11.3 Å². The number of fused-ring (bicyclic) bond motifs is 1. The number of nitrogens with one attached hydrogen (secondary N) is 1. The molecule has 2 aromatic carbocycles. The SMILES string of the molecule is COc1ccc(-n2cccc2CNC(=O)c2ccc3nc(Cl)sc3c2)cc1. The summed E-state index contributed by atoms with van der Waals surface area (Å²) in [5.74, 6) is 0.670. The van der Waals surface area contributed by atoms with Gasteiger partial charge in [-0.1, -0.05) is 11.6 Å². The Balaban J connectivity index is 1.49. The quantitative estimate of drug-likeness (QED) is 0.532. The molecule has 27 heavy (non-hydrogen) atoms. The van der Waals surface area contributed by atoms with Crippen LogP contribution in [-0.4, -0.2) is 22.6 Å². The van der Waals surface area contributed by atoms with Crippen LogP contribution >= 0.6 is 22.9 Å².